The molecule has 0 atom stereocenters. The van der Waals surface area contributed by atoms with Gasteiger partial charge in [-0.3, -0.25) is 0 Å². The van der Waals surface area contributed by atoms with Crippen LogP contribution < -0.4 is 4.74 Å². The molecule has 0 saturated carbocycles. The van der Waals surface area contributed by atoms with Crippen molar-refractivity contribution in [3.63, 3.8) is 0 Å². The first-order chi connectivity index (χ1) is 8.59. The Labute approximate surface area is 109 Å². The second kappa shape index (κ2) is 5.36. The van der Waals surface area contributed by atoms with E-state index < -0.39 is 11.6 Å². The van der Waals surface area contributed by atoms with E-state index in [4.69, 9.17) is 16.3 Å². The lowest BCUT2D eigenvalue weighted by atomic mass is 10.2. The van der Waals surface area contributed by atoms with Crippen molar-refractivity contribution in [3.05, 3.63) is 64.2 Å². The maximum Gasteiger partial charge on any atom is 0.167 e. The summed E-state index contributed by atoms with van der Waals surface area (Å²) < 4.78 is 32.4. The molecule has 0 radical (unpaired) electrons. The SMILES string of the molecule is Cc1cccc(OCc2c(F)cccc2Cl)c1F. The highest BCUT2D eigenvalue weighted by Crippen LogP contribution is 2.24. The monoisotopic (exact) mass is 268 g/mol. The molecule has 0 amide bonds. The minimum atomic E-state index is -0.462. The number of aryl methyl sites for hydroxylation is 1. The van der Waals surface area contributed by atoms with Crippen LogP contribution >= 0.6 is 11.6 Å². The summed E-state index contributed by atoms with van der Waals surface area (Å²) in [6, 6.07) is 9.17. The van der Waals surface area contributed by atoms with Crippen LogP contribution in [0.4, 0.5) is 8.78 Å². The second-order valence-electron chi connectivity index (χ2n) is 3.88. The first-order valence-electron chi connectivity index (χ1n) is 5.40. The molecule has 0 unspecified atom stereocenters. The van der Waals surface area contributed by atoms with Crippen LogP contribution in [-0.4, -0.2) is 0 Å². The normalized spacial score (nSPS) is 10.4. The van der Waals surface area contributed by atoms with Gasteiger partial charge in [-0.1, -0.05) is 29.8 Å². The molecule has 18 heavy (non-hydrogen) atoms. The molecule has 0 aromatic heterocycles. The zero-order valence-electron chi connectivity index (χ0n) is 9.71. The van der Waals surface area contributed by atoms with E-state index in [0.29, 0.717) is 5.56 Å². The van der Waals surface area contributed by atoms with E-state index in [1.807, 2.05) is 0 Å². The zero-order chi connectivity index (χ0) is 13.1. The molecule has 4 heteroatoms. The molecule has 0 aliphatic carbocycles. The average Bonchev–Trinajstić information content (AvgIpc) is 2.33. The Bertz CT molecular complexity index is 549. The number of rotatable bonds is 3. The molecule has 0 spiro atoms. The molecular weight excluding hydrogens is 258 g/mol. The van der Waals surface area contributed by atoms with E-state index in [9.17, 15) is 8.78 Å². The van der Waals surface area contributed by atoms with Crippen LogP contribution in [0.25, 0.3) is 0 Å². The smallest absolute Gasteiger partial charge is 0.167 e. The fourth-order valence-electron chi connectivity index (χ4n) is 1.55. The van der Waals surface area contributed by atoms with Crippen molar-refractivity contribution in [1.29, 1.82) is 0 Å². The molecule has 2 aromatic carbocycles. The van der Waals surface area contributed by atoms with Gasteiger partial charge in [0.2, 0.25) is 0 Å². The summed E-state index contributed by atoms with van der Waals surface area (Å²) in [6.07, 6.45) is 0. The van der Waals surface area contributed by atoms with Crippen LogP contribution in [0.15, 0.2) is 36.4 Å². The van der Waals surface area contributed by atoms with Gasteiger partial charge in [0.05, 0.1) is 5.02 Å². The Kier molecular flexibility index (Phi) is 3.82. The third-order valence-corrected chi connectivity index (χ3v) is 2.94. The van der Waals surface area contributed by atoms with Gasteiger partial charge in [-0.2, -0.15) is 0 Å². The molecule has 0 aliphatic rings. The largest absolute Gasteiger partial charge is 0.486 e. The van der Waals surface area contributed by atoms with Crippen molar-refractivity contribution in [2.45, 2.75) is 13.5 Å². The van der Waals surface area contributed by atoms with Crippen molar-refractivity contribution in [3.8, 4) is 5.75 Å². The number of hydrogen-bond donors (Lipinski definition) is 0. The van der Waals surface area contributed by atoms with Gasteiger partial charge in [-0.15, -0.1) is 0 Å². The zero-order valence-corrected chi connectivity index (χ0v) is 10.5. The van der Waals surface area contributed by atoms with Gasteiger partial charge in [0.25, 0.3) is 0 Å². The Hall–Kier alpha value is -1.61. The maximum atomic E-state index is 13.7. The van der Waals surface area contributed by atoms with E-state index in [0.717, 1.165) is 0 Å². The molecule has 1 nitrogen and oxygen atoms in total. The van der Waals surface area contributed by atoms with Gasteiger partial charge in [0.15, 0.2) is 11.6 Å². The topological polar surface area (TPSA) is 9.23 Å². The fourth-order valence-corrected chi connectivity index (χ4v) is 1.77. The summed E-state index contributed by atoms with van der Waals surface area (Å²) in [5, 5.41) is 0.267. The second-order valence-corrected chi connectivity index (χ2v) is 4.28. The van der Waals surface area contributed by atoms with Crippen LogP contribution in [0.5, 0.6) is 5.75 Å². The van der Waals surface area contributed by atoms with E-state index >= 15 is 0 Å². The van der Waals surface area contributed by atoms with E-state index in [1.165, 1.54) is 18.2 Å². The van der Waals surface area contributed by atoms with Crippen molar-refractivity contribution in [1.82, 2.24) is 0 Å². The minimum absolute atomic E-state index is 0.0920. The van der Waals surface area contributed by atoms with Gasteiger partial charge >= 0.3 is 0 Å². The van der Waals surface area contributed by atoms with Crippen molar-refractivity contribution in [2.24, 2.45) is 0 Å². The van der Waals surface area contributed by atoms with Gasteiger partial charge in [0.1, 0.15) is 12.4 Å². The number of ether oxygens (including phenoxy) is 1. The molecular formula is C14H11ClF2O. The lowest BCUT2D eigenvalue weighted by Crippen LogP contribution is -2.01. The first kappa shape index (κ1) is 12.8. The number of halogens is 3. The number of hydrogen-bond acceptors (Lipinski definition) is 1. The quantitative estimate of drug-likeness (QED) is 0.796. The minimum Gasteiger partial charge on any atom is -0.486 e. The molecule has 0 bridgehead atoms. The fraction of sp³-hybridized carbons (Fsp3) is 0.143. The Morgan fingerprint density at radius 1 is 1.11 bits per heavy atom. The molecule has 2 aromatic rings. The van der Waals surface area contributed by atoms with Gasteiger partial charge in [-0.25, -0.2) is 8.78 Å². The summed E-state index contributed by atoms with van der Waals surface area (Å²) in [5.41, 5.74) is 0.701. The van der Waals surface area contributed by atoms with E-state index in [-0.39, 0.29) is 22.9 Å². The maximum absolute atomic E-state index is 13.7. The Morgan fingerprint density at radius 2 is 1.83 bits per heavy atom. The summed E-state index contributed by atoms with van der Waals surface area (Å²) in [6.45, 7) is 1.53. The van der Waals surface area contributed by atoms with Crippen LogP contribution in [0.2, 0.25) is 5.02 Å². The molecule has 0 N–H and O–H groups in total. The molecule has 0 aliphatic heterocycles. The van der Waals surface area contributed by atoms with E-state index in [1.54, 1.807) is 25.1 Å². The lowest BCUT2D eigenvalue weighted by molar-refractivity contribution is 0.284. The lowest BCUT2D eigenvalue weighted by Gasteiger charge is -2.10. The number of benzene rings is 2. The van der Waals surface area contributed by atoms with Crippen molar-refractivity contribution in [2.75, 3.05) is 0 Å². The van der Waals surface area contributed by atoms with Gasteiger partial charge in [0, 0.05) is 5.56 Å². The average molecular weight is 269 g/mol. The molecule has 2 rings (SSSR count). The predicted molar refractivity (Wildman–Crippen MR) is 66.9 cm³/mol. The van der Waals surface area contributed by atoms with Crippen LogP contribution in [-0.2, 0) is 6.61 Å². The summed E-state index contributed by atoms with van der Waals surface area (Å²) in [7, 11) is 0. The highest BCUT2D eigenvalue weighted by Gasteiger charge is 2.10. The molecule has 0 saturated heterocycles. The van der Waals surface area contributed by atoms with Crippen LogP contribution in [0.1, 0.15) is 11.1 Å². The predicted octanol–water partition coefficient (Wildman–Crippen LogP) is 4.51. The Morgan fingerprint density at radius 3 is 2.56 bits per heavy atom. The Balaban J connectivity index is 2.19. The van der Waals surface area contributed by atoms with Gasteiger partial charge in [-0.05, 0) is 30.7 Å². The first-order valence-corrected chi connectivity index (χ1v) is 5.78. The third kappa shape index (κ3) is 2.62. The standard InChI is InChI=1S/C14H11ClF2O/c1-9-4-2-7-13(14(9)17)18-8-10-11(15)5-3-6-12(10)16/h2-7H,8H2,1H3. The molecule has 94 valence electrons. The summed E-state index contributed by atoms with van der Waals surface area (Å²) in [4.78, 5) is 0. The van der Waals surface area contributed by atoms with Gasteiger partial charge < -0.3 is 4.74 Å². The summed E-state index contributed by atoms with van der Waals surface area (Å²) in [5.74, 6) is -0.810. The van der Waals surface area contributed by atoms with E-state index in [2.05, 4.69) is 0 Å². The molecule has 0 fully saturated rings. The third-order valence-electron chi connectivity index (χ3n) is 2.59. The van der Waals surface area contributed by atoms with Crippen molar-refractivity contribution >= 4 is 11.6 Å². The highest BCUT2D eigenvalue weighted by molar-refractivity contribution is 6.31. The van der Waals surface area contributed by atoms with Crippen LogP contribution in [0.3, 0.4) is 0 Å². The van der Waals surface area contributed by atoms with Crippen molar-refractivity contribution < 1.29 is 13.5 Å². The highest BCUT2D eigenvalue weighted by atomic mass is 35.5. The molecule has 0 heterocycles. The van der Waals surface area contributed by atoms with Crippen LogP contribution in [0, 0.1) is 18.6 Å². The summed E-state index contributed by atoms with van der Waals surface area (Å²) >= 11 is 5.85.